The molecule has 0 N–H and O–H groups in total. The third kappa shape index (κ3) is 3.50. The van der Waals surface area contributed by atoms with E-state index in [1.165, 1.54) is 30.4 Å². The molecule has 0 fully saturated rings. The molecule has 4 heteroatoms. The molecule has 5 aromatic carbocycles. The Morgan fingerprint density at radius 1 is 0.543 bits per heavy atom. The summed E-state index contributed by atoms with van der Waals surface area (Å²) >= 11 is 3.64. The van der Waals surface area contributed by atoms with E-state index in [1.54, 1.807) is 11.3 Å². The molecule has 7 aromatic rings. The van der Waals surface area contributed by atoms with Crippen molar-refractivity contribution in [2.75, 3.05) is 4.90 Å². The van der Waals surface area contributed by atoms with Crippen LogP contribution in [0, 0.1) is 0 Å². The number of anilines is 3. The van der Waals surface area contributed by atoms with Gasteiger partial charge in [-0.1, -0.05) is 66.7 Å². The molecule has 0 saturated carbocycles. The van der Waals surface area contributed by atoms with Crippen LogP contribution in [-0.2, 0) is 0 Å². The lowest BCUT2D eigenvalue weighted by Gasteiger charge is -2.25. The summed E-state index contributed by atoms with van der Waals surface area (Å²) in [6.07, 6.45) is 0. The van der Waals surface area contributed by atoms with Crippen molar-refractivity contribution in [1.82, 2.24) is 4.98 Å². The highest BCUT2D eigenvalue weighted by molar-refractivity contribution is 7.28. The van der Waals surface area contributed by atoms with Gasteiger partial charge in [-0.3, -0.25) is 0 Å². The van der Waals surface area contributed by atoms with Gasteiger partial charge in [-0.2, -0.15) is 0 Å². The highest BCUT2D eigenvalue weighted by atomic mass is 32.1. The lowest BCUT2D eigenvalue weighted by molar-refractivity contribution is 1.29. The van der Waals surface area contributed by atoms with Crippen molar-refractivity contribution in [2.24, 2.45) is 0 Å². The molecule has 2 aromatic heterocycles. The van der Waals surface area contributed by atoms with Gasteiger partial charge in [-0.15, -0.1) is 22.7 Å². The fourth-order valence-corrected chi connectivity index (χ4v) is 6.97. The smallest absolute Gasteiger partial charge is 0.124 e. The zero-order valence-corrected chi connectivity index (χ0v) is 20.4. The Morgan fingerprint density at radius 2 is 1.17 bits per heavy atom. The molecule has 0 aliphatic heterocycles. The van der Waals surface area contributed by atoms with Gasteiger partial charge in [0.05, 0.1) is 10.2 Å². The summed E-state index contributed by atoms with van der Waals surface area (Å²) in [6.45, 7) is 0. The predicted octanol–water partition coefficient (Wildman–Crippen LogP) is 9.80. The second-order valence-corrected chi connectivity index (χ2v) is 10.5. The van der Waals surface area contributed by atoms with Crippen molar-refractivity contribution >= 4 is 70.1 Å². The van der Waals surface area contributed by atoms with E-state index in [-0.39, 0.29) is 0 Å². The van der Waals surface area contributed by atoms with Crippen molar-refractivity contribution in [2.45, 2.75) is 0 Å². The molecule has 0 atom stereocenters. The van der Waals surface area contributed by atoms with E-state index in [0.29, 0.717) is 0 Å². The van der Waals surface area contributed by atoms with Crippen molar-refractivity contribution < 1.29 is 0 Å². The van der Waals surface area contributed by atoms with Crippen LogP contribution in [0.4, 0.5) is 17.1 Å². The Balaban J connectivity index is 1.47. The molecule has 0 aliphatic rings. The number of aromatic nitrogens is 1. The topological polar surface area (TPSA) is 16.1 Å². The second-order valence-electron chi connectivity index (χ2n) is 8.46. The molecule has 7 rings (SSSR count). The second kappa shape index (κ2) is 8.35. The normalized spacial score (nSPS) is 11.4. The summed E-state index contributed by atoms with van der Waals surface area (Å²) in [5.74, 6) is 0. The van der Waals surface area contributed by atoms with Gasteiger partial charge < -0.3 is 4.90 Å². The summed E-state index contributed by atoms with van der Waals surface area (Å²) in [4.78, 5) is 7.31. The molecule has 0 aliphatic carbocycles. The maximum Gasteiger partial charge on any atom is 0.124 e. The third-order valence-corrected chi connectivity index (χ3v) is 8.55. The van der Waals surface area contributed by atoms with E-state index in [0.717, 1.165) is 27.6 Å². The fraction of sp³-hybridized carbons (Fsp3) is 0. The van der Waals surface area contributed by atoms with Crippen LogP contribution >= 0.6 is 22.7 Å². The molecular weight excluding hydrogens is 464 g/mol. The Hall–Kier alpha value is -3.99. The first-order valence-corrected chi connectivity index (χ1v) is 13.2. The summed E-state index contributed by atoms with van der Waals surface area (Å²) < 4.78 is 3.86. The van der Waals surface area contributed by atoms with Crippen molar-refractivity contribution in [3.05, 3.63) is 121 Å². The van der Waals surface area contributed by atoms with Gasteiger partial charge in [0.2, 0.25) is 0 Å². The van der Waals surface area contributed by atoms with Gasteiger partial charge >= 0.3 is 0 Å². The van der Waals surface area contributed by atoms with Crippen LogP contribution in [0.3, 0.4) is 0 Å². The average Bonchev–Trinajstić information content (AvgIpc) is 3.52. The zero-order valence-electron chi connectivity index (χ0n) is 18.8. The maximum absolute atomic E-state index is 4.98. The van der Waals surface area contributed by atoms with Gasteiger partial charge in [0, 0.05) is 42.8 Å². The highest BCUT2D eigenvalue weighted by Crippen LogP contribution is 2.44. The number of benzene rings is 5. The molecule has 2 nitrogen and oxygen atoms in total. The number of hydrogen-bond acceptors (Lipinski definition) is 4. The average molecular weight is 485 g/mol. The molecule has 0 saturated heterocycles. The molecule has 0 spiro atoms. The molecule has 0 bridgehead atoms. The number of fused-ring (bicyclic) bond motifs is 5. The first-order valence-electron chi connectivity index (χ1n) is 11.6. The van der Waals surface area contributed by atoms with Gasteiger partial charge in [0.1, 0.15) is 5.01 Å². The Bertz CT molecular complexity index is 1750. The zero-order chi connectivity index (χ0) is 23.2. The van der Waals surface area contributed by atoms with Crippen LogP contribution in [0.15, 0.2) is 121 Å². The van der Waals surface area contributed by atoms with E-state index in [9.17, 15) is 0 Å². The Labute approximate surface area is 211 Å². The number of nitrogens with zero attached hydrogens (tertiary/aromatic N) is 2. The molecule has 0 radical (unpaired) electrons. The first kappa shape index (κ1) is 20.4. The van der Waals surface area contributed by atoms with Crippen molar-refractivity contribution in [1.29, 1.82) is 0 Å². The summed E-state index contributed by atoms with van der Waals surface area (Å²) in [5.41, 5.74) is 5.68. The molecule has 2 heterocycles. The van der Waals surface area contributed by atoms with E-state index in [2.05, 4.69) is 120 Å². The molecule has 35 heavy (non-hydrogen) atoms. The highest BCUT2D eigenvalue weighted by Gasteiger charge is 2.17. The van der Waals surface area contributed by atoms with Crippen LogP contribution < -0.4 is 4.90 Å². The standard InChI is InChI=1S/C31H20N2S2/c1-4-10-21(11-5-1)31-32-26-17-19-28-29(30(26)35-31)25-20-24(16-18-27(25)34-28)33(22-12-6-2-7-13-22)23-14-8-3-9-15-23/h1-20H. The lowest BCUT2D eigenvalue weighted by atomic mass is 10.1. The van der Waals surface area contributed by atoms with Gasteiger partial charge in [0.25, 0.3) is 0 Å². The van der Waals surface area contributed by atoms with E-state index >= 15 is 0 Å². The molecular formula is C31H20N2S2. The Kier molecular flexibility index (Phi) is 4.86. The molecule has 0 unspecified atom stereocenters. The Morgan fingerprint density at radius 3 is 1.86 bits per heavy atom. The minimum absolute atomic E-state index is 1.06. The van der Waals surface area contributed by atoms with Crippen LogP contribution in [0.25, 0.3) is 41.0 Å². The predicted molar refractivity (Wildman–Crippen MR) is 153 cm³/mol. The minimum atomic E-state index is 1.06. The number of thiazole rings is 1. The van der Waals surface area contributed by atoms with Gasteiger partial charge in [-0.25, -0.2) is 4.98 Å². The lowest BCUT2D eigenvalue weighted by Crippen LogP contribution is -2.09. The largest absolute Gasteiger partial charge is 0.310 e. The number of thiophene rings is 1. The number of rotatable bonds is 4. The molecule has 166 valence electrons. The van der Waals surface area contributed by atoms with Crippen LogP contribution in [0.1, 0.15) is 0 Å². The van der Waals surface area contributed by atoms with Gasteiger partial charge in [0.15, 0.2) is 0 Å². The van der Waals surface area contributed by atoms with E-state index < -0.39 is 0 Å². The van der Waals surface area contributed by atoms with Gasteiger partial charge in [-0.05, 0) is 54.6 Å². The quantitative estimate of drug-likeness (QED) is 0.247. The first-order chi connectivity index (χ1) is 17.3. The minimum Gasteiger partial charge on any atom is -0.310 e. The third-order valence-electron chi connectivity index (χ3n) is 6.28. The summed E-state index contributed by atoms with van der Waals surface area (Å²) in [7, 11) is 0. The summed E-state index contributed by atoms with van der Waals surface area (Å²) in [5, 5.41) is 3.66. The number of para-hydroxylation sites is 2. The van der Waals surface area contributed by atoms with Crippen LogP contribution in [0.2, 0.25) is 0 Å². The van der Waals surface area contributed by atoms with Crippen LogP contribution in [0.5, 0.6) is 0 Å². The van der Waals surface area contributed by atoms with Crippen LogP contribution in [-0.4, -0.2) is 4.98 Å². The SMILES string of the molecule is c1ccc(-c2nc3ccc4sc5ccc(N(c6ccccc6)c6ccccc6)cc5c4c3s2)cc1. The van der Waals surface area contributed by atoms with Crippen molar-refractivity contribution in [3.8, 4) is 10.6 Å². The maximum atomic E-state index is 4.98. The molecule has 0 amide bonds. The fourth-order valence-electron chi connectivity index (χ4n) is 4.68. The number of hydrogen-bond donors (Lipinski definition) is 0. The monoisotopic (exact) mass is 484 g/mol. The summed E-state index contributed by atoms with van der Waals surface area (Å²) in [6, 6.07) is 42.8. The van der Waals surface area contributed by atoms with E-state index in [1.807, 2.05) is 17.4 Å². The van der Waals surface area contributed by atoms with E-state index in [4.69, 9.17) is 4.98 Å². The van der Waals surface area contributed by atoms with Crippen molar-refractivity contribution in [3.63, 3.8) is 0 Å².